The van der Waals surface area contributed by atoms with Gasteiger partial charge in [0.1, 0.15) is 0 Å². The normalized spacial score (nSPS) is 13.7. The predicted molar refractivity (Wildman–Crippen MR) is 99.1 cm³/mol. The standard InChI is InChI=1S/C19H14Br2O/c20-17(14-7-2-1-3-8-14)18(21)19(22)16-11-10-13-6-4-5-9-15(13)12-16/h1-12,17-18H. The molecule has 0 fully saturated rings. The molecule has 3 aromatic carbocycles. The number of carbonyl (C=O) groups is 1. The van der Waals surface area contributed by atoms with Gasteiger partial charge in [-0.25, -0.2) is 0 Å². The van der Waals surface area contributed by atoms with Gasteiger partial charge >= 0.3 is 0 Å². The van der Waals surface area contributed by atoms with Crippen molar-refractivity contribution in [2.75, 3.05) is 0 Å². The molecule has 2 atom stereocenters. The third-order valence-corrected chi connectivity index (χ3v) is 6.37. The summed E-state index contributed by atoms with van der Waals surface area (Å²) in [6, 6.07) is 23.9. The number of hydrogen-bond acceptors (Lipinski definition) is 1. The van der Waals surface area contributed by atoms with E-state index in [-0.39, 0.29) is 15.4 Å². The van der Waals surface area contributed by atoms with Gasteiger partial charge in [0.05, 0.1) is 9.65 Å². The molecule has 3 rings (SSSR count). The molecule has 0 N–H and O–H groups in total. The second-order valence-electron chi connectivity index (χ2n) is 5.14. The molecule has 0 spiro atoms. The highest BCUT2D eigenvalue weighted by Gasteiger charge is 2.25. The van der Waals surface area contributed by atoms with E-state index in [2.05, 4.69) is 31.9 Å². The minimum absolute atomic E-state index is 0.0623. The number of rotatable bonds is 4. The monoisotopic (exact) mass is 416 g/mol. The molecule has 0 bridgehead atoms. The van der Waals surface area contributed by atoms with E-state index < -0.39 is 0 Å². The summed E-state index contributed by atoms with van der Waals surface area (Å²) in [6.45, 7) is 0. The van der Waals surface area contributed by atoms with Crippen LogP contribution in [0.5, 0.6) is 0 Å². The molecule has 0 amide bonds. The van der Waals surface area contributed by atoms with Crippen molar-refractivity contribution in [3.63, 3.8) is 0 Å². The summed E-state index contributed by atoms with van der Waals surface area (Å²) in [5.74, 6) is 0.0801. The second kappa shape index (κ2) is 6.76. The largest absolute Gasteiger partial charge is 0.293 e. The van der Waals surface area contributed by atoms with Crippen LogP contribution >= 0.6 is 31.9 Å². The van der Waals surface area contributed by atoms with E-state index in [4.69, 9.17) is 0 Å². The quantitative estimate of drug-likeness (QED) is 0.380. The molecule has 0 radical (unpaired) electrons. The van der Waals surface area contributed by atoms with Gasteiger partial charge in [-0.05, 0) is 22.4 Å². The summed E-state index contributed by atoms with van der Waals surface area (Å²) in [6.07, 6.45) is 0. The maximum absolute atomic E-state index is 12.7. The van der Waals surface area contributed by atoms with Crippen LogP contribution in [0, 0.1) is 0 Å². The first-order chi connectivity index (χ1) is 10.7. The molecule has 0 heterocycles. The lowest BCUT2D eigenvalue weighted by molar-refractivity contribution is 0.0991. The highest BCUT2D eigenvalue weighted by Crippen LogP contribution is 2.33. The van der Waals surface area contributed by atoms with Crippen LogP contribution in [-0.4, -0.2) is 10.6 Å². The van der Waals surface area contributed by atoms with E-state index in [0.717, 1.165) is 21.9 Å². The molecule has 0 aliphatic heterocycles. The summed E-state index contributed by atoms with van der Waals surface area (Å²) in [4.78, 5) is 12.4. The van der Waals surface area contributed by atoms with Gasteiger partial charge in [0.15, 0.2) is 5.78 Å². The third-order valence-electron chi connectivity index (χ3n) is 3.66. The Balaban J connectivity index is 1.88. The number of hydrogen-bond donors (Lipinski definition) is 0. The van der Waals surface area contributed by atoms with Crippen molar-refractivity contribution in [2.24, 2.45) is 0 Å². The van der Waals surface area contributed by atoms with Gasteiger partial charge < -0.3 is 0 Å². The number of ketones is 1. The molecule has 22 heavy (non-hydrogen) atoms. The molecular weight excluding hydrogens is 404 g/mol. The second-order valence-corrected chi connectivity index (χ2v) is 7.11. The van der Waals surface area contributed by atoms with Crippen LogP contribution in [0.2, 0.25) is 0 Å². The van der Waals surface area contributed by atoms with E-state index in [0.29, 0.717) is 0 Å². The van der Waals surface area contributed by atoms with E-state index in [1.807, 2.05) is 72.8 Å². The Morgan fingerprint density at radius 3 is 2.14 bits per heavy atom. The number of halogens is 2. The Morgan fingerprint density at radius 1 is 0.773 bits per heavy atom. The molecule has 0 aliphatic rings. The highest BCUT2D eigenvalue weighted by atomic mass is 79.9. The number of fused-ring (bicyclic) bond motifs is 1. The predicted octanol–water partition coefficient (Wildman–Crippen LogP) is 5.92. The van der Waals surface area contributed by atoms with Crippen LogP contribution in [0.3, 0.4) is 0 Å². The molecule has 3 aromatic rings. The number of benzene rings is 3. The lowest BCUT2D eigenvalue weighted by Gasteiger charge is -2.16. The van der Waals surface area contributed by atoms with Gasteiger partial charge in [0, 0.05) is 5.56 Å². The molecular formula is C19H14Br2O. The van der Waals surface area contributed by atoms with E-state index in [1.54, 1.807) is 0 Å². The van der Waals surface area contributed by atoms with E-state index in [9.17, 15) is 4.79 Å². The highest BCUT2D eigenvalue weighted by molar-refractivity contribution is 9.12. The molecule has 3 heteroatoms. The summed E-state index contributed by atoms with van der Waals surface area (Å²) in [5, 5.41) is 2.22. The molecule has 2 unspecified atom stereocenters. The minimum atomic E-state index is -0.309. The molecule has 1 nitrogen and oxygen atoms in total. The van der Waals surface area contributed by atoms with Crippen LogP contribution in [0.1, 0.15) is 20.7 Å². The molecule has 0 saturated carbocycles. The minimum Gasteiger partial charge on any atom is -0.293 e. The van der Waals surface area contributed by atoms with Crippen LogP contribution in [0.15, 0.2) is 72.8 Å². The first-order valence-corrected chi connectivity index (χ1v) is 8.86. The number of Topliss-reactive ketones (excluding diaryl/α,β-unsaturated/α-hetero) is 1. The zero-order valence-electron chi connectivity index (χ0n) is 11.7. The molecule has 0 saturated heterocycles. The third kappa shape index (κ3) is 3.16. The van der Waals surface area contributed by atoms with Gasteiger partial charge in [-0.1, -0.05) is 98.6 Å². The van der Waals surface area contributed by atoms with Crippen LogP contribution in [0.4, 0.5) is 0 Å². The van der Waals surface area contributed by atoms with Crippen LogP contribution in [-0.2, 0) is 0 Å². The van der Waals surface area contributed by atoms with Gasteiger partial charge in [-0.2, -0.15) is 0 Å². The van der Waals surface area contributed by atoms with Crippen molar-refractivity contribution < 1.29 is 4.79 Å². The zero-order valence-corrected chi connectivity index (χ0v) is 14.9. The average molecular weight is 418 g/mol. The molecule has 110 valence electrons. The SMILES string of the molecule is O=C(c1ccc2ccccc2c1)C(Br)C(Br)c1ccccc1. The lowest BCUT2D eigenvalue weighted by Crippen LogP contribution is -2.19. The van der Waals surface area contributed by atoms with Crippen molar-refractivity contribution in [1.82, 2.24) is 0 Å². The summed E-state index contributed by atoms with van der Waals surface area (Å²) in [7, 11) is 0. The Hall–Kier alpha value is -1.45. The average Bonchev–Trinajstić information content (AvgIpc) is 2.60. The number of carbonyl (C=O) groups excluding carboxylic acids is 1. The Bertz CT molecular complexity index is 799. The summed E-state index contributed by atoms with van der Waals surface area (Å²) < 4.78 is 0. The van der Waals surface area contributed by atoms with E-state index in [1.165, 1.54) is 0 Å². The molecule has 0 aliphatic carbocycles. The molecule has 0 aromatic heterocycles. The maximum atomic E-state index is 12.7. The first kappa shape index (κ1) is 15.4. The van der Waals surface area contributed by atoms with Crippen molar-refractivity contribution in [2.45, 2.75) is 9.65 Å². The fraction of sp³-hybridized carbons (Fsp3) is 0.105. The first-order valence-electron chi connectivity index (χ1n) is 7.03. The summed E-state index contributed by atoms with van der Waals surface area (Å²) >= 11 is 7.18. The number of alkyl halides is 2. The van der Waals surface area contributed by atoms with Crippen LogP contribution < -0.4 is 0 Å². The lowest BCUT2D eigenvalue weighted by atomic mass is 10.00. The zero-order chi connectivity index (χ0) is 15.5. The van der Waals surface area contributed by atoms with Gasteiger partial charge in [0.2, 0.25) is 0 Å². The van der Waals surface area contributed by atoms with Gasteiger partial charge in [-0.3, -0.25) is 4.79 Å². The van der Waals surface area contributed by atoms with Crippen molar-refractivity contribution in [1.29, 1.82) is 0 Å². The van der Waals surface area contributed by atoms with E-state index >= 15 is 0 Å². The summed E-state index contributed by atoms with van der Waals surface area (Å²) in [5.41, 5.74) is 1.81. The maximum Gasteiger partial charge on any atom is 0.177 e. The topological polar surface area (TPSA) is 17.1 Å². The Labute approximate surface area is 146 Å². The Kier molecular flexibility index (Phi) is 4.74. The fourth-order valence-corrected chi connectivity index (χ4v) is 3.56. The van der Waals surface area contributed by atoms with Crippen molar-refractivity contribution in [3.8, 4) is 0 Å². The fourth-order valence-electron chi connectivity index (χ4n) is 2.44. The van der Waals surface area contributed by atoms with Gasteiger partial charge in [0.25, 0.3) is 0 Å². The van der Waals surface area contributed by atoms with Gasteiger partial charge in [-0.15, -0.1) is 0 Å². The van der Waals surface area contributed by atoms with Crippen LogP contribution in [0.25, 0.3) is 10.8 Å². The Morgan fingerprint density at radius 2 is 1.41 bits per heavy atom. The smallest absolute Gasteiger partial charge is 0.177 e. The van der Waals surface area contributed by atoms with Crippen molar-refractivity contribution in [3.05, 3.63) is 83.9 Å². The van der Waals surface area contributed by atoms with Crippen molar-refractivity contribution >= 4 is 48.4 Å².